The molecule has 1 saturated heterocycles. The summed E-state index contributed by atoms with van der Waals surface area (Å²) in [6, 6.07) is 8.36. The minimum Gasteiger partial charge on any atom is -0.488 e. The van der Waals surface area contributed by atoms with Crippen molar-refractivity contribution in [3.8, 4) is 5.75 Å². The fourth-order valence-corrected chi connectivity index (χ4v) is 2.65. The maximum atomic E-state index is 5.91. The van der Waals surface area contributed by atoms with E-state index in [-0.39, 0.29) is 0 Å². The molecule has 0 aliphatic carbocycles. The van der Waals surface area contributed by atoms with Crippen LogP contribution in [0.15, 0.2) is 24.3 Å². The highest BCUT2D eigenvalue weighted by molar-refractivity contribution is 5.37. The molecule has 3 rings (SSSR count). The van der Waals surface area contributed by atoms with E-state index in [0.717, 1.165) is 18.7 Å². The van der Waals surface area contributed by atoms with Crippen LogP contribution in [-0.2, 0) is 6.42 Å². The summed E-state index contributed by atoms with van der Waals surface area (Å²) < 4.78 is 5.91. The van der Waals surface area contributed by atoms with Crippen molar-refractivity contribution < 1.29 is 4.74 Å². The van der Waals surface area contributed by atoms with E-state index < -0.39 is 0 Å². The van der Waals surface area contributed by atoms with Crippen molar-refractivity contribution in [3.63, 3.8) is 0 Å². The fourth-order valence-electron chi connectivity index (χ4n) is 2.65. The van der Waals surface area contributed by atoms with Crippen molar-refractivity contribution in [2.24, 2.45) is 0 Å². The van der Waals surface area contributed by atoms with E-state index in [1.165, 1.54) is 37.9 Å². The molecule has 2 aliphatic heterocycles. The predicted octanol–water partition coefficient (Wildman–Crippen LogP) is 1.98. The van der Waals surface area contributed by atoms with Crippen LogP contribution in [0.2, 0.25) is 0 Å². The first-order valence-electron chi connectivity index (χ1n) is 6.65. The van der Waals surface area contributed by atoms with Crippen molar-refractivity contribution in [2.75, 3.05) is 19.6 Å². The summed E-state index contributed by atoms with van der Waals surface area (Å²) in [7, 11) is 0. The topological polar surface area (TPSA) is 24.5 Å². The molecule has 1 unspecified atom stereocenters. The van der Waals surface area contributed by atoms with Gasteiger partial charge in [-0.3, -0.25) is 5.43 Å². The van der Waals surface area contributed by atoms with Crippen molar-refractivity contribution in [1.29, 1.82) is 0 Å². The lowest BCUT2D eigenvalue weighted by Gasteiger charge is -2.28. The van der Waals surface area contributed by atoms with Crippen LogP contribution >= 0.6 is 0 Å². The van der Waals surface area contributed by atoms with Crippen molar-refractivity contribution in [2.45, 2.75) is 31.8 Å². The number of piperidine rings is 1. The number of hydrogen-bond acceptors (Lipinski definition) is 3. The van der Waals surface area contributed by atoms with Crippen molar-refractivity contribution in [1.82, 2.24) is 10.4 Å². The van der Waals surface area contributed by atoms with Gasteiger partial charge in [-0.15, -0.1) is 0 Å². The third-order valence-corrected chi connectivity index (χ3v) is 3.61. The minimum atomic E-state index is 0.300. The third kappa shape index (κ3) is 2.61. The molecule has 0 bridgehead atoms. The highest BCUT2D eigenvalue weighted by atomic mass is 16.5. The van der Waals surface area contributed by atoms with Gasteiger partial charge in [0.1, 0.15) is 11.9 Å². The first-order valence-corrected chi connectivity index (χ1v) is 6.65. The zero-order chi connectivity index (χ0) is 11.5. The molecule has 17 heavy (non-hydrogen) atoms. The monoisotopic (exact) mass is 232 g/mol. The summed E-state index contributed by atoms with van der Waals surface area (Å²) >= 11 is 0. The molecule has 1 atom stereocenters. The lowest BCUT2D eigenvalue weighted by Crippen LogP contribution is -2.45. The molecule has 2 heterocycles. The molecule has 2 aliphatic rings. The second kappa shape index (κ2) is 5.07. The van der Waals surface area contributed by atoms with E-state index >= 15 is 0 Å². The molecule has 1 N–H and O–H groups in total. The molecule has 0 aromatic heterocycles. The number of benzene rings is 1. The van der Waals surface area contributed by atoms with Gasteiger partial charge in [0.05, 0.1) is 0 Å². The molecular formula is C14H20N2O. The highest BCUT2D eigenvalue weighted by Crippen LogP contribution is 2.27. The second-order valence-electron chi connectivity index (χ2n) is 4.96. The van der Waals surface area contributed by atoms with Gasteiger partial charge in [-0.05, 0) is 24.5 Å². The summed E-state index contributed by atoms with van der Waals surface area (Å²) in [5, 5.41) is 2.34. The van der Waals surface area contributed by atoms with E-state index in [1.807, 2.05) is 6.07 Å². The first kappa shape index (κ1) is 11.1. The van der Waals surface area contributed by atoms with Crippen LogP contribution in [0.25, 0.3) is 0 Å². The Bertz CT molecular complexity index is 349. The van der Waals surface area contributed by atoms with Gasteiger partial charge in [0.15, 0.2) is 0 Å². The Morgan fingerprint density at radius 3 is 2.82 bits per heavy atom. The zero-order valence-corrected chi connectivity index (χ0v) is 10.2. The average molecular weight is 232 g/mol. The van der Waals surface area contributed by atoms with Crippen LogP contribution in [0.5, 0.6) is 5.75 Å². The van der Waals surface area contributed by atoms with Crippen molar-refractivity contribution in [3.05, 3.63) is 29.8 Å². The number of hydrogen-bond donors (Lipinski definition) is 1. The van der Waals surface area contributed by atoms with Gasteiger partial charge in [0, 0.05) is 26.1 Å². The summed E-state index contributed by atoms with van der Waals surface area (Å²) in [5.41, 5.74) is 4.85. The van der Waals surface area contributed by atoms with Gasteiger partial charge in [0.2, 0.25) is 0 Å². The molecule has 1 fully saturated rings. The lowest BCUT2D eigenvalue weighted by atomic mass is 10.1. The van der Waals surface area contributed by atoms with Crippen LogP contribution in [-0.4, -0.2) is 30.7 Å². The number of rotatable bonds is 3. The molecule has 1 aromatic rings. The Labute approximate surface area is 103 Å². The Morgan fingerprint density at radius 1 is 1.18 bits per heavy atom. The summed E-state index contributed by atoms with van der Waals surface area (Å²) in [6.45, 7) is 3.29. The van der Waals surface area contributed by atoms with Crippen LogP contribution in [0.4, 0.5) is 0 Å². The summed E-state index contributed by atoms with van der Waals surface area (Å²) in [5.74, 6) is 1.07. The fraction of sp³-hybridized carbons (Fsp3) is 0.571. The molecule has 0 saturated carbocycles. The molecule has 92 valence electrons. The van der Waals surface area contributed by atoms with E-state index in [2.05, 4.69) is 28.6 Å². The van der Waals surface area contributed by atoms with E-state index in [9.17, 15) is 0 Å². The quantitative estimate of drug-likeness (QED) is 0.862. The maximum Gasteiger partial charge on any atom is 0.123 e. The summed E-state index contributed by atoms with van der Waals surface area (Å²) in [4.78, 5) is 0. The van der Waals surface area contributed by atoms with Gasteiger partial charge in [0.25, 0.3) is 0 Å². The number of fused-ring (bicyclic) bond motifs is 1. The molecular weight excluding hydrogens is 212 g/mol. The number of nitrogens with zero attached hydrogens (tertiary/aromatic N) is 1. The van der Waals surface area contributed by atoms with Gasteiger partial charge in [-0.1, -0.05) is 24.6 Å². The molecule has 3 heteroatoms. The van der Waals surface area contributed by atoms with Crippen LogP contribution in [0.1, 0.15) is 24.8 Å². The molecule has 3 nitrogen and oxygen atoms in total. The highest BCUT2D eigenvalue weighted by Gasteiger charge is 2.22. The van der Waals surface area contributed by atoms with Gasteiger partial charge >= 0.3 is 0 Å². The average Bonchev–Trinajstić information content (AvgIpc) is 2.80. The Balaban J connectivity index is 1.48. The SMILES string of the molecule is c1ccc2c(c1)CC(CNN1CCCCC1)O2. The van der Waals surface area contributed by atoms with Gasteiger partial charge in [-0.2, -0.15) is 0 Å². The Hall–Kier alpha value is -1.06. The van der Waals surface area contributed by atoms with Crippen LogP contribution < -0.4 is 10.2 Å². The number of para-hydroxylation sites is 1. The minimum absolute atomic E-state index is 0.300. The standard InChI is InChI=1S/C14H20N2O/c1-4-8-16(9-5-1)15-11-13-10-12-6-2-3-7-14(12)17-13/h2-3,6-7,13,15H,1,4-5,8-11H2. The lowest BCUT2D eigenvalue weighted by molar-refractivity contribution is 0.119. The molecule has 0 amide bonds. The number of nitrogens with one attached hydrogen (secondary N) is 1. The van der Waals surface area contributed by atoms with E-state index in [0.29, 0.717) is 6.10 Å². The Kier molecular flexibility index (Phi) is 3.29. The predicted molar refractivity (Wildman–Crippen MR) is 68.0 cm³/mol. The third-order valence-electron chi connectivity index (χ3n) is 3.61. The summed E-state index contributed by atoms with van der Waals surface area (Å²) in [6.07, 6.45) is 5.35. The van der Waals surface area contributed by atoms with Crippen LogP contribution in [0.3, 0.4) is 0 Å². The number of ether oxygens (including phenoxy) is 1. The van der Waals surface area contributed by atoms with Gasteiger partial charge in [-0.25, -0.2) is 5.01 Å². The molecule has 0 radical (unpaired) electrons. The van der Waals surface area contributed by atoms with E-state index in [4.69, 9.17) is 4.74 Å². The normalized spacial score (nSPS) is 24.4. The van der Waals surface area contributed by atoms with E-state index in [1.54, 1.807) is 0 Å². The molecule has 1 aromatic carbocycles. The van der Waals surface area contributed by atoms with Crippen molar-refractivity contribution >= 4 is 0 Å². The second-order valence-corrected chi connectivity index (χ2v) is 4.96. The maximum absolute atomic E-state index is 5.91. The Morgan fingerprint density at radius 2 is 2.00 bits per heavy atom. The smallest absolute Gasteiger partial charge is 0.123 e. The largest absolute Gasteiger partial charge is 0.488 e. The van der Waals surface area contributed by atoms with Gasteiger partial charge < -0.3 is 4.74 Å². The number of hydrazine groups is 1. The zero-order valence-electron chi connectivity index (χ0n) is 10.2. The molecule has 0 spiro atoms. The first-order chi connectivity index (χ1) is 8.42. The van der Waals surface area contributed by atoms with Crippen LogP contribution in [0, 0.1) is 0 Å².